The van der Waals surface area contributed by atoms with E-state index in [4.69, 9.17) is 4.74 Å². The molecule has 0 aliphatic rings. The van der Waals surface area contributed by atoms with Crippen molar-refractivity contribution in [1.82, 2.24) is 4.57 Å². The van der Waals surface area contributed by atoms with Crippen LogP contribution in [0.3, 0.4) is 0 Å². The molecule has 3 rings (SSSR count). The van der Waals surface area contributed by atoms with Crippen molar-refractivity contribution in [3.63, 3.8) is 0 Å². The second-order valence-electron chi connectivity index (χ2n) is 5.76. The minimum atomic E-state index is -0.568. The summed E-state index contributed by atoms with van der Waals surface area (Å²) >= 11 is 0. The number of nitrogens with zero attached hydrogens (tertiary/aromatic N) is 1. The van der Waals surface area contributed by atoms with Crippen LogP contribution in [-0.4, -0.2) is 16.6 Å². The number of hydrogen-bond acceptors (Lipinski definition) is 2. The van der Waals surface area contributed by atoms with Crippen molar-refractivity contribution in [1.29, 1.82) is 0 Å². The molecular formula is C19H20N2O2. The molecule has 0 bridgehead atoms. The van der Waals surface area contributed by atoms with Gasteiger partial charge < -0.3 is 14.6 Å². The molecular weight excluding hydrogens is 288 g/mol. The Morgan fingerprint density at radius 3 is 2.61 bits per heavy atom. The van der Waals surface area contributed by atoms with E-state index >= 15 is 0 Å². The predicted molar refractivity (Wildman–Crippen MR) is 92.8 cm³/mol. The van der Waals surface area contributed by atoms with E-state index in [0.29, 0.717) is 5.75 Å². The summed E-state index contributed by atoms with van der Waals surface area (Å²) in [7, 11) is 1.98. The van der Waals surface area contributed by atoms with Gasteiger partial charge in [-0.25, -0.2) is 0 Å². The Bertz CT molecular complexity index is 834. The molecule has 1 atom stereocenters. The molecule has 118 valence electrons. The molecule has 1 heterocycles. The third-order valence-corrected chi connectivity index (χ3v) is 3.86. The number of carbonyl (C=O) groups is 1. The zero-order valence-corrected chi connectivity index (χ0v) is 13.5. The fraction of sp³-hybridized carbons (Fsp3) is 0.211. The van der Waals surface area contributed by atoms with Gasteiger partial charge in [0.05, 0.1) is 0 Å². The number of carbonyl (C=O) groups excluding carboxylic acids is 1. The summed E-state index contributed by atoms with van der Waals surface area (Å²) in [6.45, 7) is 3.76. The zero-order valence-electron chi connectivity index (χ0n) is 13.5. The number of amides is 1. The van der Waals surface area contributed by atoms with Gasteiger partial charge in [0.1, 0.15) is 5.75 Å². The lowest BCUT2D eigenvalue weighted by molar-refractivity contribution is -0.122. The van der Waals surface area contributed by atoms with Gasteiger partial charge in [-0.05, 0) is 49.6 Å². The van der Waals surface area contributed by atoms with Crippen molar-refractivity contribution in [3.8, 4) is 5.75 Å². The van der Waals surface area contributed by atoms with Crippen molar-refractivity contribution >= 4 is 22.5 Å². The molecule has 4 heteroatoms. The third-order valence-electron chi connectivity index (χ3n) is 3.86. The maximum absolute atomic E-state index is 12.3. The summed E-state index contributed by atoms with van der Waals surface area (Å²) in [5, 5.41) is 4.05. The molecule has 0 radical (unpaired) electrons. The summed E-state index contributed by atoms with van der Waals surface area (Å²) < 4.78 is 7.71. The molecule has 3 aromatic rings. The Balaban J connectivity index is 1.69. The van der Waals surface area contributed by atoms with Crippen LogP contribution in [0.15, 0.2) is 54.7 Å². The van der Waals surface area contributed by atoms with Gasteiger partial charge in [-0.2, -0.15) is 0 Å². The lowest BCUT2D eigenvalue weighted by Crippen LogP contribution is -2.30. The van der Waals surface area contributed by atoms with Crippen LogP contribution < -0.4 is 10.1 Å². The maximum Gasteiger partial charge on any atom is 0.265 e. The highest BCUT2D eigenvalue weighted by atomic mass is 16.5. The standard InChI is InChI=1S/C19H20N2O2/c1-13-4-8-17(9-5-13)23-14(2)19(22)20-16-7-6-15-10-11-21(3)18(15)12-16/h4-12,14H,1-3H3,(H,20,22). The van der Waals surface area contributed by atoms with Gasteiger partial charge in [0.25, 0.3) is 5.91 Å². The molecule has 0 spiro atoms. The van der Waals surface area contributed by atoms with Crippen molar-refractivity contribution in [2.45, 2.75) is 20.0 Å². The quantitative estimate of drug-likeness (QED) is 0.794. The van der Waals surface area contributed by atoms with Gasteiger partial charge in [0.2, 0.25) is 0 Å². The van der Waals surface area contributed by atoms with Crippen molar-refractivity contribution in [2.75, 3.05) is 5.32 Å². The third kappa shape index (κ3) is 3.37. The van der Waals surface area contributed by atoms with E-state index in [1.807, 2.05) is 73.3 Å². The van der Waals surface area contributed by atoms with E-state index in [0.717, 1.165) is 22.2 Å². The lowest BCUT2D eigenvalue weighted by atomic mass is 10.2. The molecule has 1 aromatic heterocycles. The minimum Gasteiger partial charge on any atom is -0.481 e. The second kappa shape index (κ2) is 6.16. The van der Waals surface area contributed by atoms with Crippen LogP contribution in [0.1, 0.15) is 12.5 Å². The summed E-state index contributed by atoms with van der Waals surface area (Å²) in [4.78, 5) is 12.3. The Morgan fingerprint density at radius 2 is 1.87 bits per heavy atom. The van der Waals surface area contributed by atoms with Crippen LogP contribution in [0.4, 0.5) is 5.69 Å². The molecule has 1 amide bonds. The number of anilines is 1. The van der Waals surface area contributed by atoms with Gasteiger partial charge in [-0.1, -0.05) is 23.8 Å². The van der Waals surface area contributed by atoms with E-state index in [2.05, 4.69) is 5.32 Å². The highest BCUT2D eigenvalue weighted by Crippen LogP contribution is 2.20. The van der Waals surface area contributed by atoms with Gasteiger partial charge in [0, 0.05) is 24.4 Å². The van der Waals surface area contributed by atoms with Crippen LogP contribution in [0.5, 0.6) is 5.75 Å². The molecule has 0 aliphatic heterocycles. The van der Waals surface area contributed by atoms with Gasteiger partial charge in [-0.15, -0.1) is 0 Å². The van der Waals surface area contributed by atoms with Crippen LogP contribution in [0.25, 0.3) is 10.9 Å². The number of hydrogen-bond donors (Lipinski definition) is 1. The molecule has 0 fully saturated rings. The highest BCUT2D eigenvalue weighted by molar-refractivity contribution is 5.96. The van der Waals surface area contributed by atoms with Gasteiger partial charge in [0.15, 0.2) is 6.10 Å². The second-order valence-corrected chi connectivity index (χ2v) is 5.76. The molecule has 0 aliphatic carbocycles. The highest BCUT2D eigenvalue weighted by Gasteiger charge is 2.15. The topological polar surface area (TPSA) is 43.3 Å². The van der Waals surface area contributed by atoms with E-state index in [9.17, 15) is 4.79 Å². The van der Waals surface area contributed by atoms with Crippen LogP contribution in [0.2, 0.25) is 0 Å². The van der Waals surface area contributed by atoms with Gasteiger partial charge in [-0.3, -0.25) is 4.79 Å². The molecule has 23 heavy (non-hydrogen) atoms. The number of aromatic nitrogens is 1. The number of fused-ring (bicyclic) bond motifs is 1. The SMILES string of the molecule is Cc1ccc(OC(C)C(=O)Nc2ccc3ccn(C)c3c2)cc1. The van der Waals surface area contributed by atoms with E-state index < -0.39 is 6.10 Å². The summed E-state index contributed by atoms with van der Waals surface area (Å²) in [5.41, 5.74) is 3.00. The zero-order chi connectivity index (χ0) is 16.4. The van der Waals surface area contributed by atoms with Gasteiger partial charge >= 0.3 is 0 Å². The fourth-order valence-electron chi connectivity index (χ4n) is 2.46. The van der Waals surface area contributed by atoms with Crippen molar-refractivity contribution in [2.24, 2.45) is 7.05 Å². The van der Waals surface area contributed by atoms with Crippen LogP contribution in [-0.2, 0) is 11.8 Å². The molecule has 4 nitrogen and oxygen atoms in total. The first-order valence-electron chi connectivity index (χ1n) is 7.62. The summed E-state index contributed by atoms with van der Waals surface area (Å²) in [5.74, 6) is 0.523. The van der Waals surface area contributed by atoms with Crippen molar-refractivity contribution < 1.29 is 9.53 Å². The number of ether oxygens (including phenoxy) is 1. The first kappa shape index (κ1) is 15.2. The number of benzene rings is 2. The normalized spacial score (nSPS) is 12.1. The first-order valence-corrected chi connectivity index (χ1v) is 7.62. The molecule has 0 saturated carbocycles. The molecule has 0 saturated heterocycles. The Morgan fingerprint density at radius 1 is 1.13 bits per heavy atom. The molecule has 1 N–H and O–H groups in total. The largest absolute Gasteiger partial charge is 0.481 e. The smallest absolute Gasteiger partial charge is 0.265 e. The average molecular weight is 308 g/mol. The van der Waals surface area contributed by atoms with E-state index in [1.54, 1.807) is 6.92 Å². The summed E-state index contributed by atoms with van der Waals surface area (Å²) in [6, 6.07) is 15.6. The summed E-state index contributed by atoms with van der Waals surface area (Å²) in [6.07, 6.45) is 1.43. The Hall–Kier alpha value is -2.75. The maximum atomic E-state index is 12.3. The fourth-order valence-corrected chi connectivity index (χ4v) is 2.46. The Kier molecular flexibility index (Phi) is 4.06. The average Bonchev–Trinajstić information content (AvgIpc) is 2.90. The predicted octanol–water partition coefficient (Wildman–Crippen LogP) is 3.89. The number of aryl methyl sites for hydroxylation is 2. The monoisotopic (exact) mass is 308 g/mol. The van der Waals surface area contributed by atoms with E-state index in [1.165, 1.54) is 0 Å². The number of nitrogens with one attached hydrogen (secondary N) is 1. The minimum absolute atomic E-state index is 0.167. The van der Waals surface area contributed by atoms with E-state index in [-0.39, 0.29) is 5.91 Å². The molecule has 2 aromatic carbocycles. The lowest BCUT2D eigenvalue weighted by Gasteiger charge is -2.15. The van der Waals surface area contributed by atoms with Crippen molar-refractivity contribution in [3.05, 3.63) is 60.3 Å². The number of rotatable bonds is 4. The first-order chi connectivity index (χ1) is 11.0. The van der Waals surface area contributed by atoms with Crippen LogP contribution >= 0.6 is 0 Å². The van der Waals surface area contributed by atoms with Crippen LogP contribution in [0, 0.1) is 6.92 Å². The molecule has 1 unspecified atom stereocenters. The Labute approximate surface area is 135 Å².